The van der Waals surface area contributed by atoms with Crippen molar-refractivity contribution < 1.29 is 9.21 Å². The summed E-state index contributed by atoms with van der Waals surface area (Å²) in [6.45, 7) is 2.02. The van der Waals surface area contributed by atoms with Crippen LogP contribution in [0.4, 0.5) is 5.69 Å². The zero-order chi connectivity index (χ0) is 13.2. The molecule has 1 fully saturated rings. The van der Waals surface area contributed by atoms with E-state index in [1.807, 2.05) is 24.3 Å². The Morgan fingerprint density at radius 1 is 1.16 bits per heavy atom. The SMILES string of the molecule is O=Cc1ccc(-c2cccc(Cl)c2N2CCCC2)o1. The molecule has 0 unspecified atom stereocenters. The molecule has 1 aliphatic heterocycles. The highest BCUT2D eigenvalue weighted by molar-refractivity contribution is 6.34. The van der Waals surface area contributed by atoms with Gasteiger partial charge in [-0.05, 0) is 37.1 Å². The van der Waals surface area contributed by atoms with E-state index in [2.05, 4.69) is 4.90 Å². The first-order valence-corrected chi connectivity index (χ1v) is 6.76. The monoisotopic (exact) mass is 275 g/mol. The largest absolute Gasteiger partial charge is 0.453 e. The van der Waals surface area contributed by atoms with Crippen molar-refractivity contribution in [2.75, 3.05) is 18.0 Å². The summed E-state index contributed by atoms with van der Waals surface area (Å²) < 4.78 is 5.52. The van der Waals surface area contributed by atoms with Gasteiger partial charge < -0.3 is 9.32 Å². The number of rotatable bonds is 3. The van der Waals surface area contributed by atoms with Crippen molar-refractivity contribution in [2.24, 2.45) is 0 Å². The van der Waals surface area contributed by atoms with Crippen LogP contribution in [0.25, 0.3) is 11.3 Å². The van der Waals surface area contributed by atoms with Crippen LogP contribution < -0.4 is 4.90 Å². The third-order valence-corrected chi connectivity index (χ3v) is 3.72. The molecule has 0 spiro atoms. The molecule has 3 nitrogen and oxygen atoms in total. The van der Waals surface area contributed by atoms with Gasteiger partial charge in [0.15, 0.2) is 12.0 Å². The Balaban J connectivity index is 2.09. The Bertz CT molecular complexity index is 600. The van der Waals surface area contributed by atoms with Gasteiger partial charge in [-0.1, -0.05) is 17.7 Å². The maximum Gasteiger partial charge on any atom is 0.185 e. The molecule has 0 radical (unpaired) electrons. The molecule has 1 aliphatic rings. The number of furan rings is 1. The molecule has 2 aromatic rings. The highest BCUT2D eigenvalue weighted by Gasteiger charge is 2.20. The summed E-state index contributed by atoms with van der Waals surface area (Å²) in [7, 11) is 0. The van der Waals surface area contributed by atoms with Crippen molar-refractivity contribution in [3.63, 3.8) is 0 Å². The Morgan fingerprint density at radius 2 is 1.95 bits per heavy atom. The Labute approximate surface area is 116 Å². The number of nitrogens with zero attached hydrogens (tertiary/aromatic N) is 1. The lowest BCUT2D eigenvalue weighted by Crippen LogP contribution is -2.18. The van der Waals surface area contributed by atoms with Gasteiger partial charge in [-0.2, -0.15) is 0 Å². The normalized spacial score (nSPS) is 14.9. The number of para-hydroxylation sites is 1. The van der Waals surface area contributed by atoms with Crippen molar-refractivity contribution in [2.45, 2.75) is 12.8 Å². The molecule has 2 heterocycles. The summed E-state index contributed by atoms with van der Waals surface area (Å²) in [6, 6.07) is 9.27. The number of hydrogen-bond acceptors (Lipinski definition) is 3. The minimum atomic E-state index is 0.336. The molecule has 19 heavy (non-hydrogen) atoms. The fraction of sp³-hybridized carbons (Fsp3) is 0.267. The summed E-state index contributed by atoms with van der Waals surface area (Å²) >= 11 is 6.35. The summed E-state index contributed by atoms with van der Waals surface area (Å²) in [6.07, 6.45) is 3.08. The van der Waals surface area contributed by atoms with E-state index >= 15 is 0 Å². The number of halogens is 1. The van der Waals surface area contributed by atoms with Crippen LogP contribution in [-0.2, 0) is 0 Å². The second-order valence-electron chi connectivity index (χ2n) is 4.65. The van der Waals surface area contributed by atoms with Gasteiger partial charge in [-0.25, -0.2) is 0 Å². The molecular weight excluding hydrogens is 262 g/mol. The number of anilines is 1. The Kier molecular flexibility index (Phi) is 3.30. The van der Waals surface area contributed by atoms with Gasteiger partial charge in [-0.3, -0.25) is 4.79 Å². The first-order chi connectivity index (χ1) is 9.29. The summed E-state index contributed by atoms with van der Waals surface area (Å²) in [5.74, 6) is 1.02. The lowest BCUT2D eigenvalue weighted by atomic mass is 10.1. The highest BCUT2D eigenvalue weighted by atomic mass is 35.5. The fourth-order valence-corrected chi connectivity index (χ4v) is 2.83. The second kappa shape index (κ2) is 5.10. The van der Waals surface area contributed by atoms with E-state index in [1.165, 1.54) is 12.8 Å². The molecule has 0 N–H and O–H groups in total. The van der Waals surface area contributed by atoms with Crippen LogP contribution in [-0.4, -0.2) is 19.4 Å². The van der Waals surface area contributed by atoms with Crippen molar-refractivity contribution in [1.82, 2.24) is 0 Å². The van der Waals surface area contributed by atoms with E-state index in [0.717, 1.165) is 29.4 Å². The minimum absolute atomic E-state index is 0.336. The van der Waals surface area contributed by atoms with E-state index in [-0.39, 0.29) is 0 Å². The van der Waals surface area contributed by atoms with Crippen LogP contribution in [0.5, 0.6) is 0 Å². The average Bonchev–Trinajstić information content (AvgIpc) is 3.09. The van der Waals surface area contributed by atoms with Crippen LogP contribution in [0.3, 0.4) is 0 Å². The third-order valence-electron chi connectivity index (χ3n) is 3.42. The highest BCUT2D eigenvalue weighted by Crippen LogP contribution is 2.38. The van der Waals surface area contributed by atoms with Crippen LogP contribution >= 0.6 is 11.6 Å². The number of benzene rings is 1. The van der Waals surface area contributed by atoms with Crippen LogP contribution in [0.15, 0.2) is 34.7 Å². The van der Waals surface area contributed by atoms with Crippen molar-refractivity contribution in [3.8, 4) is 11.3 Å². The molecule has 3 rings (SSSR count). The predicted molar refractivity (Wildman–Crippen MR) is 76.0 cm³/mol. The van der Waals surface area contributed by atoms with Gasteiger partial charge >= 0.3 is 0 Å². The molecule has 4 heteroatoms. The topological polar surface area (TPSA) is 33.5 Å². The number of aldehydes is 1. The quantitative estimate of drug-likeness (QED) is 0.794. The molecule has 1 saturated heterocycles. The lowest BCUT2D eigenvalue weighted by molar-refractivity contribution is 0.110. The molecule has 98 valence electrons. The predicted octanol–water partition coefficient (Wildman–Crippen LogP) is 4.01. The maximum absolute atomic E-state index is 10.7. The molecule has 1 aromatic carbocycles. The van der Waals surface area contributed by atoms with Gasteiger partial charge in [0.05, 0.1) is 10.7 Å². The third kappa shape index (κ3) is 2.26. The van der Waals surface area contributed by atoms with E-state index < -0.39 is 0 Å². The van der Waals surface area contributed by atoms with Crippen molar-refractivity contribution in [3.05, 3.63) is 41.1 Å². The lowest BCUT2D eigenvalue weighted by Gasteiger charge is -2.22. The van der Waals surface area contributed by atoms with Crippen LogP contribution in [0.2, 0.25) is 5.02 Å². The van der Waals surface area contributed by atoms with Crippen LogP contribution in [0.1, 0.15) is 23.4 Å². The fourth-order valence-electron chi connectivity index (χ4n) is 2.54. The molecule has 0 bridgehead atoms. The molecule has 0 saturated carbocycles. The Morgan fingerprint density at radius 3 is 2.63 bits per heavy atom. The van der Waals surface area contributed by atoms with Gasteiger partial charge in [0, 0.05) is 18.7 Å². The van der Waals surface area contributed by atoms with Gasteiger partial charge in [-0.15, -0.1) is 0 Å². The standard InChI is InChI=1S/C15H14ClNO2/c16-13-5-3-4-12(14-7-6-11(10-18)19-14)15(13)17-8-1-2-9-17/h3-7,10H,1-2,8-9H2. The molecular formula is C15H14ClNO2. The molecule has 0 aliphatic carbocycles. The summed E-state index contributed by atoms with van der Waals surface area (Å²) in [5, 5.41) is 0.725. The Hall–Kier alpha value is -1.74. The average molecular weight is 276 g/mol. The van der Waals surface area contributed by atoms with E-state index in [1.54, 1.807) is 6.07 Å². The minimum Gasteiger partial charge on any atom is -0.453 e. The van der Waals surface area contributed by atoms with Gasteiger partial charge in [0.2, 0.25) is 0 Å². The number of carbonyl (C=O) groups is 1. The zero-order valence-corrected chi connectivity index (χ0v) is 11.2. The van der Waals surface area contributed by atoms with E-state index in [9.17, 15) is 4.79 Å². The van der Waals surface area contributed by atoms with Crippen molar-refractivity contribution in [1.29, 1.82) is 0 Å². The molecule has 1 aromatic heterocycles. The molecule has 0 atom stereocenters. The zero-order valence-electron chi connectivity index (χ0n) is 10.4. The van der Waals surface area contributed by atoms with Crippen molar-refractivity contribution >= 4 is 23.6 Å². The van der Waals surface area contributed by atoms with Gasteiger partial charge in [0.1, 0.15) is 5.76 Å². The maximum atomic E-state index is 10.7. The summed E-state index contributed by atoms with van der Waals surface area (Å²) in [4.78, 5) is 13.0. The summed E-state index contributed by atoms with van der Waals surface area (Å²) in [5.41, 5.74) is 1.95. The van der Waals surface area contributed by atoms with Gasteiger partial charge in [0.25, 0.3) is 0 Å². The molecule has 0 amide bonds. The van der Waals surface area contributed by atoms with Crippen LogP contribution in [0, 0.1) is 0 Å². The number of carbonyl (C=O) groups excluding carboxylic acids is 1. The van der Waals surface area contributed by atoms with E-state index in [4.69, 9.17) is 16.0 Å². The number of hydrogen-bond donors (Lipinski definition) is 0. The first-order valence-electron chi connectivity index (χ1n) is 6.38. The smallest absolute Gasteiger partial charge is 0.185 e. The second-order valence-corrected chi connectivity index (χ2v) is 5.06. The van der Waals surface area contributed by atoms with E-state index in [0.29, 0.717) is 17.8 Å². The first kappa shape index (κ1) is 12.3.